The molecule has 0 radical (unpaired) electrons. The van der Waals surface area contributed by atoms with Crippen LogP contribution in [-0.2, 0) is 10.0 Å². The normalized spacial score (nSPS) is 11.6. The van der Waals surface area contributed by atoms with Crippen molar-refractivity contribution >= 4 is 31.6 Å². The van der Waals surface area contributed by atoms with Crippen molar-refractivity contribution in [3.05, 3.63) is 39.7 Å². The molecule has 5 nitrogen and oxygen atoms in total. The molecule has 19 heavy (non-hydrogen) atoms. The minimum Gasteiger partial charge on any atom is -0.360 e. The third kappa shape index (κ3) is 2.82. The molecule has 1 N–H and O–H groups in total. The van der Waals surface area contributed by atoms with Gasteiger partial charge < -0.3 is 4.52 Å². The molecule has 2 aromatic rings. The number of rotatable bonds is 3. The molecule has 7 heteroatoms. The molecule has 2 rings (SSSR count). The van der Waals surface area contributed by atoms with E-state index in [9.17, 15) is 8.42 Å². The monoisotopic (exact) mass is 344 g/mol. The Kier molecular flexibility index (Phi) is 3.69. The zero-order valence-electron chi connectivity index (χ0n) is 10.7. The number of nitrogens with one attached hydrogen (secondary N) is 1. The second-order valence-electron chi connectivity index (χ2n) is 4.22. The molecule has 102 valence electrons. The summed E-state index contributed by atoms with van der Waals surface area (Å²) in [6.07, 6.45) is 0. The first-order valence-electron chi connectivity index (χ1n) is 5.53. The van der Waals surface area contributed by atoms with Gasteiger partial charge >= 0.3 is 0 Å². The van der Waals surface area contributed by atoms with Crippen LogP contribution in [0.1, 0.15) is 17.0 Å². The van der Waals surface area contributed by atoms with Crippen molar-refractivity contribution in [2.24, 2.45) is 0 Å². The lowest BCUT2D eigenvalue weighted by Crippen LogP contribution is -2.15. The highest BCUT2D eigenvalue weighted by Crippen LogP contribution is 2.26. The molecule has 0 bridgehead atoms. The molecule has 0 aliphatic carbocycles. The average Bonchev–Trinajstić information content (AvgIpc) is 2.64. The fourth-order valence-electron chi connectivity index (χ4n) is 1.76. The topological polar surface area (TPSA) is 72.2 Å². The maximum atomic E-state index is 12.3. The standard InChI is InChI=1S/C12H13BrN2O3S/c1-7-4-5-10(13)6-11(7)15-19(16,17)12-8(2)14-18-9(12)3/h4-6,15H,1-3H3. The van der Waals surface area contributed by atoms with Crippen LogP contribution in [0.4, 0.5) is 5.69 Å². The predicted molar refractivity (Wildman–Crippen MR) is 75.7 cm³/mol. The number of halogens is 1. The van der Waals surface area contributed by atoms with Gasteiger partial charge in [0.25, 0.3) is 10.0 Å². The minimum atomic E-state index is -3.70. The van der Waals surface area contributed by atoms with Crippen LogP contribution in [0.3, 0.4) is 0 Å². The SMILES string of the molecule is Cc1ccc(Br)cc1NS(=O)(=O)c1c(C)noc1C. The zero-order valence-corrected chi connectivity index (χ0v) is 13.1. The van der Waals surface area contributed by atoms with Gasteiger partial charge in [0.15, 0.2) is 10.7 Å². The third-order valence-electron chi connectivity index (χ3n) is 2.68. The molecular formula is C12H13BrN2O3S. The summed E-state index contributed by atoms with van der Waals surface area (Å²) >= 11 is 3.32. The Labute approximate surface area is 120 Å². The summed E-state index contributed by atoms with van der Waals surface area (Å²) in [6.45, 7) is 5.00. The molecule has 1 aromatic carbocycles. The summed E-state index contributed by atoms with van der Waals surface area (Å²) in [5.74, 6) is 0.276. The quantitative estimate of drug-likeness (QED) is 0.928. The van der Waals surface area contributed by atoms with Crippen LogP contribution in [0.2, 0.25) is 0 Å². The second-order valence-corrected chi connectivity index (χ2v) is 6.75. The number of sulfonamides is 1. The molecule has 1 aromatic heterocycles. The largest absolute Gasteiger partial charge is 0.360 e. The van der Waals surface area contributed by atoms with E-state index in [-0.39, 0.29) is 10.7 Å². The Bertz CT molecular complexity index is 703. The van der Waals surface area contributed by atoms with Crippen LogP contribution in [-0.4, -0.2) is 13.6 Å². The van der Waals surface area contributed by atoms with Crippen molar-refractivity contribution in [3.8, 4) is 0 Å². The molecule has 0 aliphatic heterocycles. The van der Waals surface area contributed by atoms with E-state index in [1.165, 1.54) is 0 Å². The van der Waals surface area contributed by atoms with Crippen molar-refractivity contribution in [1.29, 1.82) is 0 Å². The number of hydrogen-bond acceptors (Lipinski definition) is 4. The molecule has 1 heterocycles. The van der Waals surface area contributed by atoms with Gasteiger partial charge in [-0.2, -0.15) is 0 Å². The number of aryl methyl sites for hydroxylation is 3. The number of hydrogen-bond donors (Lipinski definition) is 1. The Balaban J connectivity index is 2.45. The van der Waals surface area contributed by atoms with Gasteiger partial charge in [0.1, 0.15) is 5.69 Å². The number of anilines is 1. The fraction of sp³-hybridized carbons (Fsp3) is 0.250. The van der Waals surface area contributed by atoms with E-state index in [2.05, 4.69) is 25.8 Å². The summed E-state index contributed by atoms with van der Waals surface area (Å²) in [6, 6.07) is 5.39. The molecule has 0 unspecified atom stereocenters. The summed E-state index contributed by atoms with van der Waals surface area (Å²) in [7, 11) is -3.70. The maximum absolute atomic E-state index is 12.3. The van der Waals surface area contributed by atoms with Crippen LogP contribution in [0.15, 0.2) is 32.1 Å². The molecule has 0 saturated heterocycles. The molecule has 0 amide bonds. The van der Waals surface area contributed by atoms with E-state index in [4.69, 9.17) is 4.52 Å². The van der Waals surface area contributed by atoms with Crippen LogP contribution in [0, 0.1) is 20.8 Å². The van der Waals surface area contributed by atoms with Crippen molar-refractivity contribution in [2.75, 3.05) is 4.72 Å². The van der Waals surface area contributed by atoms with Gasteiger partial charge in [-0.3, -0.25) is 4.72 Å². The van der Waals surface area contributed by atoms with Gasteiger partial charge in [0, 0.05) is 4.47 Å². The maximum Gasteiger partial charge on any atom is 0.267 e. The Hall–Kier alpha value is -1.34. The average molecular weight is 345 g/mol. The first-order valence-corrected chi connectivity index (χ1v) is 7.81. The van der Waals surface area contributed by atoms with Crippen LogP contribution in [0.25, 0.3) is 0 Å². The fourth-order valence-corrected chi connectivity index (χ4v) is 3.57. The van der Waals surface area contributed by atoms with Gasteiger partial charge in [0.05, 0.1) is 5.69 Å². The molecular weight excluding hydrogens is 332 g/mol. The van der Waals surface area contributed by atoms with Crippen LogP contribution in [0.5, 0.6) is 0 Å². The van der Waals surface area contributed by atoms with E-state index >= 15 is 0 Å². The summed E-state index contributed by atoms with van der Waals surface area (Å²) in [4.78, 5) is 0.0897. The molecule has 0 spiro atoms. The first kappa shape index (κ1) is 14.1. The van der Waals surface area contributed by atoms with Gasteiger partial charge in [0.2, 0.25) is 0 Å². The zero-order chi connectivity index (χ0) is 14.2. The van der Waals surface area contributed by atoms with Crippen LogP contribution >= 0.6 is 15.9 Å². The molecule has 0 atom stereocenters. The third-order valence-corrected chi connectivity index (χ3v) is 4.78. The summed E-state index contributed by atoms with van der Waals surface area (Å²) in [5.41, 5.74) is 1.70. The van der Waals surface area contributed by atoms with Gasteiger partial charge in [-0.25, -0.2) is 8.42 Å². The van der Waals surface area contributed by atoms with Crippen molar-refractivity contribution < 1.29 is 12.9 Å². The van der Waals surface area contributed by atoms with Crippen molar-refractivity contribution in [1.82, 2.24) is 5.16 Å². The minimum absolute atomic E-state index is 0.0897. The van der Waals surface area contributed by atoms with E-state index in [0.717, 1.165) is 10.0 Å². The van der Waals surface area contributed by atoms with E-state index in [0.29, 0.717) is 11.4 Å². The van der Waals surface area contributed by atoms with E-state index < -0.39 is 10.0 Å². The Morgan fingerprint density at radius 1 is 1.26 bits per heavy atom. The second kappa shape index (κ2) is 4.97. The van der Waals surface area contributed by atoms with Crippen molar-refractivity contribution in [2.45, 2.75) is 25.7 Å². The molecule has 0 fully saturated rings. The lowest BCUT2D eigenvalue weighted by molar-refractivity contribution is 0.390. The lowest BCUT2D eigenvalue weighted by Gasteiger charge is -2.10. The van der Waals surface area contributed by atoms with Gasteiger partial charge in [-0.15, -0.1) is 0 Å². The van der Waals surface area contributed by atoms with E-state index in [1.54, 1.807) is 19.9 Å². The smallest absolute Gasteiger partial charge is 0.267 e. The molecule has 0 aliphatic rings. The lowest BCUT2D eigenvalue weighted by atomic mass is 10.2. The highest BCUT2D eigenvalue weighted by atomic mass is 79.9. The van der Waals surface area contributed by atoms with Crippen LogP contribution < -0.4 is 4.72 Å². The number of benzene rings is 1. The Morgan fingerprint density at radius 3 is 2.53 bits per heavy atom. The highest BCUT2D eigenvalue weighted by Gasteiger charge is 2.24. The number of nitrogens with zero attached hydrogens (tertiary/aromatic N) is 1. The molecule has 0 saturated carbocycles. The predicted octanol–water partition coefficient (Wildman–Crippen LogP) is 3.16. The number of aromatic nitrogens is 1. The van der Waals surface area contributed by atoms with Crippen molar-refractivity contribution in [3.63, 3.8) is 0 Å². The highest BCUT2D eigenvalue weighted by molar-refractivity contribution is 9.10. The van der Waals surface area contributed by atoms with Gasteiger partial charge in [-0.05, 0) is 38.5 Å². The Morgan fingerprint density at radius 2 is 1.95 bits per heavy atom. The first-order chi connectivity index (χ1) is 8.81. The van der Waals surface area contributed by atoms with E-state index in [1.807, 2.05) is 19.1 Å². The summed E-state index contributed by atoms with van der Waals surface area (Å²) in [5, 5.41) is 3.66. The summed E-state index contributed by atoms with van der Waals surface area (Å²) < 4.78 is 32.9. The van der Waals surface area contributed by atoms with Gasteiger partial charge in [-0.1, -0.05) is 27.2 Å².